The molecule has 2 aromatic rings. The summed E-state index contributed by atoms with van der Waals surface area (Å²) in [6.45, 7) is 3.65. The highest BCUT2D eigenvalue weighted by Crippen LogP contribution is 2.23. The Bertz CT molecular complexity index is 703. The van der Waals surface area contributed by atoms with Gasteiger partial charge in [-0.1, -0.05) is 23.2 Å². The predicted molar refractivity (Wildman–Crippen MR) is 118 cm³/mol. The van der Waals surface area contributed by atoms with E-state index in [4.69, 9.17) is 23.2 Å². The zero-order valence-corrected chi connectivity index (χ0v) is 18.6. The summed E-state index contributed by atoms with van der Waals surface area (Å²) in [6, 6.07) is 5.01. The smallest absolute Gasteiger partial charge is 0.191 e. The average molecular weight is 512 g/mol. The van der Waals surface area contributed by atoms with Crippen LogP contribution in [0, 0.1) is 0 Å². The molecule has 1 atom stereocenters. The van der Waals surface area contributed by atoms with E-state index in [1.54, 1.807) is 22.9 Å². The Morgan fingerprint density at radius 3 is 2.54 bits per heavy atom. The van der Waals surface area contributed by atoms with Crippen molar-refractivity contribution in [2.75, 3.05) is 19.6 Å². The lowest BCUT2D eigenvalue weighted by atomic mass is 10.1. The highest BCUT2D eigenvalue weighted by atomic mass is 127. The molecule has 2 rings (SSSR count). The Morgan fingerprint density at radius 1 is 1.27 bits per heavy atom. The van der Waals surface area contributed by atoms with Crippen LogP contribution in [0.1, 0.15) is 24.2 Å². The lowest BCUT2D eigenvalue weighted by Gasteiger charge is -2.13. The van der Waals surface area contributed by atoms with Gasteiger partial charge < -0.3 is 15.7 Å². The molecule has 6 nitrogen and oxygen atoms in total. The van der Waals surface area contributed by atoms with E-state index in [0.717, 1.165) is 25.1 Å². The monoisotopic (exact) mass is 511 g/mol. The first kappa shape index (κ1) is 23.0. The zero-order chi connectivity index (χ0) is 18.2. The van der Waals surface area contributed by atoms with E-state index in [1.165, 1.54) is 0 Å². The number of aliphatic hydroxyl groups is 1. The number of nitrogens with zero attached hydrogens (tertiary/aromatic N) is 3. The van der Waals surface area contributed by atoms with Crippen molar-refractivity contribution in [2.24, 2.45) is 12.0 Å². The van der Waals surface area contributed by atoms with E-state index in [2.05, 4.69) is 20.7 Å². The second-order valence-electron chi connectivity index (χ2n) is 5.64. The number of aromatic nitrogens is 2. The molecule has 0 spiro atoms. The van der Waals surface area contributed by atoms with Gasteiger partial charge in [-0.25, -0.2) is 0 Å². The van der Waals surface area contributed by atoms with Gasteiger partial charge in [0.2, 0.25) is 0 Å². The quantitative estimate of drug-likeness (QED) is 0.303. The molecule has 1 aromatic carbocycles. The van der Waals surface area contributed by atoms with E-state index in [-0.39, 0.29) is 30.5 Å². The van der Waals surface area contributed by atoms with Crippen molar-refractivity contribution in [1.82, 2.24) is 20.4 Å². The number of aryl methyl sites for hydroxylation is 1. The van der Waals surface area contributed by atoms with Gasteiger partial charge in [-0.05, 0) is 42.7 Å². The number of guanidine groups is 1. The fourth-order valence-electron chi connectivity index (χ4n) is 2.32. The van der Waals surface area contributed by atoms with Crippen LogP contribution in [0.15, 0.2) is 35.6 Å². The topological polar surface area (TPSA) is 74.5 Å². The maximum absolute atomic E-state index is 10.3. The second-order valence-corrected chi connectivity index (χ2v) is 6.51. The first-order valence-electron chi connectivity index (χ1n) is 8.11. The molecule has 0 aliphatic heterocycles. The standard InChI is InChI=1S/C17H23Cl2N5O.HI/c1-3-20-17(21-5-4-12-9-23-24(2)11-12)22-10-16(25)13-6-14(18)8-15(19)7-13;/h6-9,11,16,25H,3-5,10H2,1-2H3,(H2,20,21,22);1H. The molecule has 0 saturated heterocycles. The third kappa shape index (κ3) is 7.69. The number of nitrogens with one attached hydrogen (secondary N) is 2. The van der Waals surface area contributed by atoms with Crippen molar-refractivity contribution < 1.29 is 5.11 Å². The summed E-state index contributed by atoms with van der Waals surface area (Å²) in [6.07, 6.45) is 3.89. The maximum Gasteiger partial charge on any atom is 0.191 e. The van der Waals surface area contributed by atoms with Gasteiger partial charge in [-0.3, -0.25) is 9.67 Å². The van der Waals surface area contributed by atoms with Crippen LogP contribution >= 0.6 is 47.2 Å². The van der Waals surface area contributed by atoms with Crippen molar-refractivity contribution in [3.05, 3.63) is 51.8 Å². The molecule has 3 N–H and O–H groups in total. The van der Waals surface area contributed by atoms with Crippen LogP contribution in [0.5, 0.6) is 0 Å². The number of hydrogen-bond acceptors (Lipinski definition) is 3. The van der Waals surface area contributed by atoms with Crippen molar-refractivity contribution in [2.45, 2.75) is 19.4 Å². The molecule has 0 saturated carbocycles. The third-order valence-corrected chi connectivity index (χ3v) is 3.94. The minimum atomic E-state index is -0.773. The van der Waals surface area contributed by atoms with Crippen LogP contribution in [-0.4, -0.2) is 40.5 Å². The summed E-state index contributed by atoms with van der Waals surface area (Å²) in [4.78, 5) is 4.42. The van der Waals surface area contributed by atoms with E-state index >= 15 is 0 Å². The average Bonchev–Trinajstić information content (AvgIpc) is 2.96. The summed E-state index contributed by atoms with van der Waals surface area (Å²) in [5.41, 5.74) is 1.80. The van der Waals surface area contributed by atoms with Crippen molar-refractivity contribution in [3.63, 3.8) is 0 Å². The minimum absolute atomic E-state index is 0. The molecule has 1 unspecified atom stereocenters. The number of aliphatic hydroxyl groups excluding tert-OH is 1. The van der Waals surface area contributed by atoms with Crippen LogP contribution in [-0.2, 0) is 13.5 Å². The molecule has 144 valence electrons. The minimum Gasteiger partial charge on any atom is -0.386 e. The predicted octanol–water partition coefficient (Wildman–Crippen LogP) is 3.18. The number of hydrogen-bond donors (Lipinski definition) is 3. The molecule has 9 heteroatoms. The van der Waals surface area contributed by atoms with Crippen LogP contribution < -0.4 is 10.6 Å². The number of aliphatic imine (C=N–C) groups is 1. The Kier molecular flexibility index (Phi) is 10.3. The summed E-state index contributed by atoms with van der Waals surface area (Å²) in [7, 11) is 1.89. The summed E-state index contributed by atoms with van der Waals surface area (Å²) >= 11 is 11.9. The van der Waals surface area contributed by atoms with E-state index < -0.39 is 6.10 Å². The van der Waals surface area contributed by atoms with Gasteiger partial charge in [0.1, 0.15) is 0 Å². The van der Waals surface area contributed by atoms with Crippen molar-refractivity contribution >= 4 is 53.1 Å². The van der Waals surface area contributed by atoms with E-state index in [1.807, 2.05) is 26.4 Å². The third-order valence-electron chi connectivity index (χ3n) is 3.50. The molecule has 0 aliphatic carbocycles. The molecule has 0 aliphatic rings. The Balaban J connectivity index is 0.00000338. The molecule has 0 radical (unpaired) electrons. The van der Waals surface area contributed by atoms with E-state index in [0.29, 0.717) is 21.6 Å². The highest BCUT2D eigenvalue weighted by Gasteiger charge is 2.09. The van der Waals surface area contributed by atoms with Crippen LogP contribution in [0.4, 0.5) is 0 Å². The highest BCUT2D eigenvalue weighted by molar-refractivity contribution is 14.0. The fraction of sp³-hybridized carbons (Fsp3) is 0.412. The molecular weight excluding hydrogens is 488 g/mol. The summed E-state index contributed by atoms with van der Waals surface area (Å²) < 4.78 is 1.78. The van der Waals surface area contributed by atoms with Gasteiger partial charge in [-0.2, -0.15) is 5.10 Å². The van der Waals surface area contributed by atoms with Gasteiger partial charge in [0, 0.05) is 36.4 Å². The molecule has 0 bridgehead atoms. The molecule has 0 fully saturated rings. The number of halogens is 3. The first-order chi connectivity index (χ1) is 12.0. The fourth-order valence-corrected chi connectivity index (χ4v) is 2.86. The Morgan fingerprint density at radius 2 is 1.96 bits per heavy atom. The van der Waals surface area contributed by atoms with Gasteiger partial charge in [-0.15, -0.1) is 24.0 Å². The second kappa shape index (κ2) is 11.6. The van der Waals surface area contributed by atoms with Crippen molar-refractivity contribution in [1.29, 1.82) is 0 Å². The van der Waals surface area contributed by atoms with Gasteiger partial charge in [0.25, 0.3) is 0 Å². The number of rotatable bonds is 7. The zero-order valence-electron chi connectivity index (χ0n) is 14.7. The van der Waals surface area contributed by atoms with Crippen LogP contribution in [0.2, 0.25) is 10.0 Å². The van der Waals surface area contributed by atoms with Crippen molar-refractivity contribution in [3.8, 4) is 0 Å². The molecule has 1 heterocycles. The van der Waals surface area contributed by atoms with Crippen LogP contribution in [0.25, 0.3) is 0 Å². The van der Waals surface area contributed by atoms with Crippen LogP contribution in [0.3, 0.4) is 0 Å². The SMILES string of the molecule is CCNC(=NCC(O)c1cc(Cl)cc(Cl)c1)NCCc1cnn(C)c1.I. The molecular formula is C17H24Cl2IN5O. The Hall–Kier alpha value is -1.03. The maximum atomic E-state index is 10.3. The largest absolute Gasteiger partial charge is 0.386 e. The molecule has 1 aromatic heterocycles. The normalized spacial score (nSPS) is 12.4. The molecule has 26 heavy (non-hydrogen) atoms. The molecule has 0 amide bonds. The van der Waals surface area contributed by atoms with Gasteiger partial charge in [0.15, 0.2) is 5.96 Å². The lowest BCUT2D eigenvalue weighted by molar-refractivity contribution is 0.187. The van der Waals surface area contributed by atoms with Gasteiger partial charge >= 0.3 is 0 Å². The first-order valence-corrected chi connectivity index (χ1v) is 8.87. The lowest BCUT2D eigenvalue weighted by Crippen LogP contribution is -2.38. The summed E-state index contributed by atoms with van der Waals surface area (Å²) in [5.74, 6) is 0.651. The van der Waals surface area contributed by atoms with Gasteiger partial charge in [0.05, 0.1) is 18.8 Å². The summed E-state index contributed by atoms with van der Waals surface area (Å²) in [5, 5.41) is 21.8. The Labute approximate surface area is 181 Å². The number of benzene rings is 1. The van der Waals surface area contributed by atoms with E-state index in [9.17, 15) is 5.11 Å².